The SMILES string of the molecule is COCC(N)CN(C)c1ccc(F)cc1. The Labute approximate surface area is 89.6 Å². The lowest BCUT2D eigenvalue weighted by Crippen LogP contribution is -2.38. The Hall–Kier alpha value is -1.13. The molecular weight excluding hydrogens is 195 g/mol. The van der Waals surface area contributed by atoms with Crippen LogP contribution in [0.3, 0.4) is 0 Å². The van der Waals surface area contributed by atoms with E-state index < -0.39 is 0 Å². The molecule has 1 aromatic carbocycles. The summed E-state index contributed by atoms with van der Waals surface area (Å²) in [4.78, 5) is 1.98. The van der Waals surface area contributed by atoms with Crippen molar-refractivity contribution in [2.24, 2.45) is 5.73 Å². The Balaban J connectivity index is 2.53. The Morgan fingerprint density at radius 3 is 2.53 bits per heavy atom. The number of anilines is 1. The van der Waals surface area contributed by atoms with Crippen molar-refractivity contribution >= 4 is 5.69 Å². The minimum atomic E-state index is -0.228. The standard InChI is InChI=1S/C11H17FN2O/c1-14(7-10(13)8-15-2)11-5-3-9(12)4-6-11/h3-6,10H,7-8,13H2,1-2H3. The van der Waals surface area contributed by atoms with Gasteiger partial charge >= 0.3 is 0 Å². The summed E-state index contributed by atoms with van der Waals surface area (Å²) in [5.41, 5.74) is 6.76. The molecule has 0 aliphatic rings. The predicted molar refractivity (Wildman–Crippen MR) is 59.5 cm³/mol. The van der Waals surface area contributed by atoms with E-state index in [0.717, 1.165) is 5.69 Å². The van der Waals surface area contributed by atoms with E-state index in [1.807, 2.05) is 11.9 Å². The maximum Gasteiger partial charge on any atom is 0.123 e. The lowest BCUT2D eigenvalue weighted by molar-refractivity contribution is 0.181. The lowest BCUT2D eigenvalue weighted by Gasteiger charge is -2.22. The van der Waals surface area contributed by atoms with Gasteiger partial charge in [-0.25, -0.2) is 4.39 Å². The highest BCUT2D eigenvalue weighted by molar-refractivity contribution is 5.45. The van der Waals surface area contributed by atoms with E-state index in [-0.39, 0.29) is 11.9 Å². The summed E-state index contributed by atoms with van der Waals surface area (Å²) < 4.78 is 17.6. The molecule has 3 nitrogen and oxygen atoms in total. The van der Waals surface area contributed by atoms with Crippen LogP contribution in [0, 0.1) is 5.82 Å². The Kier molecular flexibility index (Phi) is 4.52. The first-order valence-corrected chi connectivity index (χ1v) is 4.84. The van der Waals surface area contributed by atoms with E-state index in [0.29, 0.717) is 13.2 Å². The molecule has 0 saturated heterocycles. The quantitative estimate of drug-likeness (QED) is 0.798. The van der Waals surface area contributed by atoms with Crippen LogP contribution in [0.5, 0.6) is 0 Å². The Morgan fingerprint density at radius 1 is 1.40 bits per heavy atom. The third kappa shape index (κ3) is 3.85. The summed E-state index contributed by atoms with van der Waals surface area (Å²) in [7, 11) is 3.54. The number of ether oxygens (including phenoxy) is 1. The second kappa shape index (κ2) is 5.68. The van der Waals surface area contributed by atoms with Crippen molar-refractivity contribution < 1.29 is 9.13 Å². The van der Waals surface area contributed by atoms with Crippen LogP contribution < -0.4 is 10.6 Å². The lowest BCUT2D eigenvalue weighted by atomic mass is 10.2. The first-order valence-electron chi connectivity index (χ1n) is 4.84. The zero-order chi connectivity index (χ0) is 11.3. The van der Waals surface area contributed by atoms with E-state index in [1.54, 1.807) is 19.2 Å². The normalized spacial score (nSPS) is 12.5. The first-order chi connectivity index (χ1) is 7.13. The van der Waals surface area contributed by atoms with E-state index >= 15 is 0 Å². The van der Waals surface area contributed by atoms with Gasteiger partial charge in [0.1, 0.15) is 5.82 Å². The third-order valence-corrected chi connectivity index (χ3v) is 2.16. The van der Waals surface area contributed by atoms with Crippen LogP contribution in [-0.2, 0) is 4.74 Å². The highest BCUT2D eigenvalue weighted by Gasteiger charge is 2.07. The van der Waals surface area contributed by atoms with Gasteiger partial charge in [0.2, 0.25) is 0 Å². The van der Waals surface area contributed by atoms with Crippen molar-refractivity contribution in [1.82, 2.24) is 0 Å². The molecule has 0 aliphatic carbocycles. The molecule has 0 spiro atoms. The van der Waals surface area contributed by atoms with Gasteiger partial charge in [-0.15, -0.1) is 0 Å². The zero-order valence-electron chi connectivity index (χ0n) is 9.11. The van der Waals surface area contributed by atoms with Crippen LogP contribution in [0.15, 0.2) is 24.3 Å². The second-order valence-electron chi connectivity index (χ2n) is 3.57. The van der Waals surface area contributed by atoms with Crippen molar-refractivity contribution in [3.8, 4) is 0 Å². The monoisotopic (exact) mass is 212 g/mol. The average Bonchev–Trinajstić information content (AvgIpc) is 2.18. The molecular formula is C11H17FN2O. The molecule has 1 unspecified atom stereocenters. The van der Waals surface area contributed by atoms with E-state index in [2.05, 4.69) is 0 Å². The molecule has 0 aliphatic heterocycles. The third-order valence-electron chi connectivity index (χ3n) is 2.16. The smallest absolute Gasteiger partial charge is 0.123 e. The minimum absolute atomic E-state index is 0.0370. The van der Waals surface area contributed by atoms with Crippen molar-refractivity contribution in [3.05, 3.63) is 30.1 Å². The average molecular weight is 212 g/mol. The molecule has 1 atom stereocenters. The number of nitrogens with zero attached hydrogens (tertiary/aromatic N) is 1. The van der Waals surface area contributed by atoms with Gasteiger partial charge in [0, 0.05) is 32.4 Å². The molecule has 4 heteroatoms. The van der Waals surface area contributed by atoms with Gasteiger partial charge in [-0.3, -0.25) is 0 Å². The molecule has 0 saturated carbocycles. The summed E-state index contributed by atoms with van der Waals surface area (Å²) in [5.74, 6) is -0.228. The maximum absolute atomic E-state index is 12.7. The van der Waals surface area contributed by atoms with Crippen molar-refractivity contribution in [2.45, 2.75) is 6.04 Å². The van der Waals surface area contributed by atoms with Crippen LogP contribution in [0.1, 0.15) is 0 Å². The molecule has 1 aromatic rings. The highest BCUT2D eigenvalue weighted by Crippen LogP contribution is 2.12. The summed E-state index contributed by atoms with van der Waals surface area (Å²) in [6.07, 6.45) is 0. The number of methoxy groups -OCH3 is 1. The molecule has 1 rings (SSSR count). The van der Waals surface area contributed by atoms with E-state index in [9.17, 15) is 4.39 Å². The van der Waals surface area contributed by atoms with E-state index in [1.165, 1.54) is 12.1 Å². The van der Waals surface area contributed by atoms with Crippen molar-refractivity contribution in [2.75, 3.05) is 32.2 Å². The number of benzene rings is 1. The number of rotatable bonds is 5. The fourth-order valence-corrected chi connectivity index (χ4v) is 1.42. The number of hydrogen-bond donors (Lipinski definition) is 1. The fourth-order valence-electron chi connectivity index (χ4n) is 1.42. The van der Waals surface area contributed by atoms with Gasteiger partial charge in [0.05, 0.1) is 6.61 Å². The van der Waals surface area contributed by atoms with Gasteiger partial charge < -0.3 is 15.4 Å². The maximum atomic E-state index is 12.7. The number of likely N-dealkylation sites (N-methyl/N-ethyl adjacent to an activating group) is 1. The Morgan fingerprint density at radius 2 is 2.00 bits per heavy atom. The fraction of sp³-hybridized carbons (Fsp3) is 0.455. The highest BCUT2D eigenvalue weighted by atomic mass is 19.1. The van der Waals surface area contributed by atoms with Crippen molar-refractivity contribution in [3.63, 3.8) is 0 Å². The predicted octanol–water partition coefficient (Wildman–Crippen LogP) is 1.24. The summed E-state index contributed by atoms with van der Waals surface area (Å²) in [5, 5.41) is 0. The van der Waals surface area contributed by atoms with Crippen LogP contribution in [-0.4, -0.2) is 33.4 Å². The molecule has 0 fully saturated rings. The number of nitrogens with two attached hydrogens (primary N) is 1. The first kappa shape index (κ1) is 11.9. The van der Waals surface area contributed by atoms with Gasteiger partial charge in [0.15, 0.2) is 0 Å². The molecule has 2 N–H and O–H groups in total. The largest absolute Gasteiger partial charge is 0.383 e. The molecule has 0 aromatic heterocycles. The van der Waals surface area contributed by atoms with Gasteiger partial charge in [-0.2, -0.15) is 0 Å². The Bertz CT molecular complexity index is 289. The van der Waals surface area contributed by atoms with E-state index in [4.69, 9.17) is 10.5 Å². The molecule has 0 amide bonds. The van der Waals surface area contributed by atoms with Crippen LogP contribution in [0.4, 0.5) is 10.1 Å². The topological polar surface area (TPSA) is 38.5 Å². The summed E-state index contributed by atoms with van der Waals surface area (Å²) in [6, 6.07) is 6.30. The van der Waals surface area contributed by atoms with Gasteiger partial charge in [-0.05, 0) is 24.3 Å². The molecule has 0 heterocycles. The number of halogens is 1. The molecule has 15 heavy (non-hydrogen) atoms. The van der Waals surface area contributed by atoms with Gasteiger partial charge in [-0.1, -0.05) is 0 Å². The molecule has 0 radical (unpaired) electrons. The summed E-state index contributed by atoms with van der Waals surface area (Å²) >= 11 is 0. The molecule has 84 valence electrons. The van der Waals surface area contributed by atoms with Crippen LogP contribution in [0.2, 0.25) is 0 Å². The summed E-state index contributed by atoms with van der Waals surface area (Å²) in [6.45, 7) is 1.20. The number of hydrogen-bond acceptors (Lipinski definition) is 3. The van der Waals surface area contributed by atoms with Gasteiger partial charge in [0.25, 0.3) is 0 Å². The minimum Gasteiger partial charge on any atom is -0.383 e. The van der Waals surface area contributed by atoms with Crippen LogP contribution in [0.25, 0.3) is 0 Å². The second-order valence-corrected chi connectivity index (χ2v) is 3.57. The molecule has 0 bridgehead atoms. The van der Waals surface area contributed by atoms with Crippen molar-refractivity contribution in [1.29, 1.82) is 0 Å². The van der Waals surface area contributed by atoms with Crippen LogP contribution >= 0.6 is 0 Å². The zero-order valence-corrected chi connectivity index (χ0v) is 9.11.